The first-order valence-corrected chi connectivity index (χ1v) is 7.80. The molecule has 2 aromatic carbocycles. The predicted molar refractivity (Wildman–Crippen MR) is 87.5 cm³/mol. The summed E-state index contributed by atoms with van der Waals surface area (Å²) in [4.78, 5) is 12.4. The molecule has 1 N–H and O–H groups in total. The summed E-state index contributed by atoms with van der Waals surface area (Å²) in [7, 11) is 0. The van der Waals surface area contributed by atoms with E-state index in [-0.39, 0.29) is 5.91 Å². The van der Waals surface area contributed by atoms with Crippen LogP contribution in [-0.4, -0.2) is 11.9 Å². The van der Waals surface area contributed by atoms with E-state index in [1.165, 1.54) is 0 Å². The molecule has 0 bridgehead atoms. The molecule has 3 aromatic rings. The quantitative estimate of drug-likeness (QED) is 0.777. The molecule has 0 radical (unpaired) electrons. The van der Waals surface area contributed by atoms with Crippen LogP contribution in [0.4, 0.5) is 0 Å². The summed E-state index contributed by atoms with van der Waals surface area (Å²) in [5.41, 5.74) is 1.50. The van der Waals surface area contributed by atoms with Crippen molar-refractivity contribution in [3.8, 4) is 5.75 Å². The van der Waals surface area contributed by atoms with E-state index in [0.717, 1.165) is 29.5 Å². The Morgan fingerprint density at radius 2 is 1.83 bits per heavy atom. The Hall–Kier alpha value is -2.75. The first-order valence-electron chi connectivity index (χ1n) is 7.80. The molecule has 0 atom stereocenters. The summed E-state index contributed by atoms with van der Waals surface area (Å²) < 4.78 is 11.6. The highest BCUT2D eigenvalue weighted by atomic mass is 16.5. The summed E-state index contributed by atoms with van der Waals surface area (Å²) in [6.45, 7) is 0.300. The topological polar surface area (TPSA) is 51.5 Å². The van der Waals surface area contributed by atoms with Crippen LogP contribution in [0, 0.1) is 0 Å². The minimum absolute atomic E-state index is 0.157. The van der Waals surface area contributed by atoms with Crippen molar-refractivity contribution in [2.75, 3.05) is 0 Å². The van der Waals surface area contributed by atoms with Gasteiger partial charge in [-0.3, -0.25) is 4.79 Å². The van der Waals surface area contributed by atoms with Crippen LogP contribution >= 0.6 is 0 Å². The zero-order valence-electron chi connectivity index (χ0n) is 12.6. The van der Waals surface area contributed by atoms with Gasteiger partial charge in [0.2, 0.25) is 0 Å². The first-order chi connectivity index (χ1) is 11.3. The van der Waals surface area contributed by atoms with Crippen molar-refractivity contribution in [3.05, 3.63) is 65.9 Å². The van der Waals surface area contributed by atoms with Crippen molar-refractivity contribution < 1.29 is 13.9 Å². The third-order valence-corrected chi connectivity index (χ3v) is 3.94. The van der Waals surface area contributed by atoms with E-state index in [1.807, 2.05) is 54.6 Å². The lowest BCUT2D eigenvalue weighted by molar-refractivity contribution is 0.0922. The van der Waals surface area contributed by atoms with Crippen LogP contribution in [-0.2, 0) is 6.61 Å². The van der Waals surface area contributed by atoms with Gasteiger partial charge in [0.25, 0.3) is 5.91 Å². The van der Waals surface area contributed by atoms with Crippen LogP contribution in [0.25, 0.3) is 11.0 Å². The molecule has 4 rings (SSSR count). The number of hydrogen-bond donors (Lipinski definition) is 1. The van der Waals surface area contributed by atoms with Crippen LogP contribution in [0.2, 0.25) is 0 Å². The van der Waals surface area contributed by atoms with E-state index >= 15 is 0 Å². The highest BCUT2D eigenvalue weighted by Gasteiger charge is 2.28. The number of carbonyl (C=O) groups excluding carboxylic acids is 1. The Morgan fingerprint density at radius 3 is 2.61 bits per heavy atom. The van der Waals surface area contributed by atoms with Gasteiger partial charge < -0.3 is 14.5 Å². The van der Waals surface area contributed by atoms with Crippen LogP contribution < -0.4 is 10.1 Å². The van der Waals surface area contributed by atoms with E-state index in [0.29, 0.717) is 24.0 Å². The molecule has 0 spiro atoms. The van der Waals surface area contributed by atoms with Crippen LogP contribution in [0.1, 0.15) is 29.0 Å². The van der Waals surface area contributed by atoms with Crippen molar-refractivity contribution in [1.29, 1.82) is 0 Å². The molecule has 1 fully saturated rings. The molecule has 1 aromatic heterocycles. The molecule has 4 heteroatoms. The molecule has 23 heavy (non-hydrogen) atoms. The van der Waals surface area contributed by atoms with Gasteiger partial charge in [0, 0.05) is 17.0 Å². The smallest absolute Gasteiger partial charge is 0.287 e. The van der Waals surface area contributed by atoms with Gasteiger partial charge in [0.15, 0.2) is 5.76 Å². The number of amides is 1. The fourth-order valence-corrected chi connectivity index (χ4v) is 2.58. The van der Waals surface area contributed by atoms with E-state index < -0.39 is 0 Å². The van der Waals surface area contributed by atoms with Gasteiger partial charge in [-0.05, 0) is 31.0 Å². The summed E-state index contributed by atoms with van der Waals surface area (Å²) >= 11 is 0. The van der Waals surface area contributed by atoms with Crippen molar-refractivity contribution in [1.82, 2.24) is 5.32 Å². The fourth-order valence-electron chi connectivity index (χ4n) is 2.58. The molecule has 0 aliphatic heterocycles. The van der Waals surface area contributed by atoms with Gasteiger partial charge in [-0.15, -0.1) is 0 Å². The molecule has 1 heterocycles. The molecular formula is C19H17NO3. The third-order valence-electron chi connectivity index (χ3n) is 3.94. The van der Waals surface area contributed by atoms with Gasteiger partial charge >= 0.3 is 0 Å². The van der Waals surface area contributed by atoms with E-state index in [2.05, 4.69) is 5.32 Å². The number of fused-ring (bicyclic) bond motifs is 1. The van der Waals surface area contributed by atoms with Gasteiger partial charge in [-0.2, -0.15) is 0 Å². The van der Waals surface area contributed by atoms with Gasteiger partial charge in [0.05, 0.1) is 0 Å². The standard InChI is InChI=1S/C19H17NO3/c21-19(20-13-10-11-13)18-16(12-22-14-6-2-1-3-7-14)15-8-4-5-9-17(15)23-18/h1-9,13H,10-12H2,(H,20,21). The van der Waals surface area contributed by atoms with E-state index in [9.17, 15) is 4.79 Å². The van der Waals surface area contributed by atoms with E-state index in [4.69, 9.17) is 9.15 Å². The maximum absolute atomic E-state index is 12.4. The van der Waals surface area contributed by atoms with Crippen LogP contribution in [0.5, 0.6) is 5.75 Å². The van der Waals surface area contributed by atoms with Gasteiger partial charge in [-0.25, -0.2) is 0 Å². The third kappa shape index (κ3) is 2.93. The molecule has 1 aliphatic rings. The normalized spacial score (nSPS) is 13.9. The molecule has 0 saturated heterocycles. The van der Waals surface area contributed by atoms with Gasteiger partial charge in [0.1, 0.15) is 17.9 Å². The Labute approximate surface area is 134 Å². The average Bonchev–Trinajstić information content (AvgIpc) is 3.32. The second-order valence-corrected chi connectivity index (χ2v) is 5.76. The highest BCUT2D eigenvalue weighted by molar-refractivity contribution is 5.99. The average molecular weight is 307 g/mol. The Balaban J connectivity index is 1.65. The van der Waals surface area contributed by atoms with E-state index in [1.54, 1.807) is 0 Å². The molecule has 116 valence electrons. The minimum Gasteiger partial charge on any atom is -0.489 e. The van der Waals surface area contributed by atoms with Crippen molar-refractivity contribution >= 4 is 16.9 Å². The fraction of sp³-hybridized carbons (Fsp3) is 0.211. The molecule has 1 amide bonds. The Morgan fingerprint density at radius 1 is 1.09 bits per heavy atom. The molecular weight excluding hydrogens is 290 g/mol. The Kier molecular flexibility index (Phi) is 3.50. The number of benzene rings is 2. The maximum atomic E-state index is 12.4. The zero-order chi connectivity index (χ0) is 15.6. The maximum Gasteiger partial charge on any atom is 0.287 e. The second-order valence-electron chi connectivity index (χ2n) is 5.76. The SMILES string of the molecule is O=C(NC1CC1)c1oc2ccccc2c1COc1ccccc1. The monoisotopic (exact) mass is 307 g/mol. The van der Waals surface area contributed by atoms with Crippen molar-refractivity contribution in [2.45, 2.75) is 25.5 Å². The lowest BCUT2D eigenvalue weighted by atomic mass is 10.1. The summed E-state index contributed by atoms with van der Waals surface area (Å²) in [5.74, 6) is 0.968. The number of nitrogens with one attached hydrogen (secondary N) is 1. The lowest BCUT2D eigenvalue weighted by Crippen LogP contribution is -2.26. The lowest BCUT2D eigenvalue weighted by Gasteiger charge is -2.07. The Bertz CT molecular complexity index is 834. The zero-order valence-corrected chi connectivity index (χ0v) is 12.6. The number of furan rings is 1. The van der Waals surface area contributed by atoms with Crippen LogP contribution in [0.3, 0.4) is 0 Å². The largest absolute Gasteiger partial charge is 0.489 e. The first kappa shape index (κ1) is 13.9. The highest BCUT2D eigenvalue weighted by Crippen LogP contribution is 2.28. The molecule has 1 aliphatic carbocycles. The van der Waals surface area contributed by atoms with Crippen molar-refractivity contribution in [2.24, 2.45) is 0 Å². The summed E-state index contributed by atoms with van der Waals surface area (Å²) in [5, 5.41) is 3.90. The number of para-hydroxylation sites is 2. The second kappa shape index (κ2) is 5.80. The number of carbonyl (C=O) groups is 1. The number of rotatable bonds is 5. The molecule has 4 nitrogen and oxygen atoms in total. The summed E-state index contributed by atoms with van der Waals surface area (Å²) in [6.07, 6.45) is 2.09. The van der Waals surface area contributed by atoms with Crippen LogP contribution in [0.15, 0.2) is 59.0 Å². The predicted octanol–water partition coefficient (Wildman–Crippen LogP) is 3.90. The van der Waals surface area contributed by atoms with Crippen molar-refractivity contribution in [3.63, 3.8) is 0 Å². The summed E-state index contributed by atoms with van der Waals surface area (Å²) in [6, 6.07) is 17.5. The number of hydrogen-bond acceptors (Lipinski definition) is 3. The molecule has 0 unspecified atom stereocenters. The molecule has 1 saturated carbocycles. The number of ether oxygens (including phenoxy) is 1. The van der Waals surface area contributed by atoms with Gasteiger partial charge in [-0.1, -0.05) is 36.4 Å². The minimum atomic E-state index is -0.157.